The Bertz CT molecular complexity index is 865. The standard InChI is InChI=1S/C20H17NO5/c1-2-23-20(22)12-24-17-6-3-14(4-7-17)9-16(11-21)15-5-8-18-19(10-15)26-13-25-18/h3-10H,2,12-13H2,1H3/b16-9-. The van der Waals surface area contributed by atoms with Crippen molar-refractivity contribution in [1.82, 2.24) is 0 Å². The summed E-state index contributed by atoms with van der Waals surface area (Å²) in [7, 11) is 0. The van der Waals surface area contributed by atoms with Crippen molar-refractivity contribution in [2.45, 2.75) is 6.92 Å². The van der Waals surface area contributed by atoms with Crippen molar-refractivity contribution in [2.75, 3.05) is 20.0 Å². The van der Waals surface area contributed by atoms with Gasteiger partial charge in [0.2, 0.25) is 6.79 Å². The van der Waals surface area contributed by atoms with Gasteiger partial charge in [-0.15, -0.1) is 0 Å². The van der Waals surface area contributed by atoms with Crippen LogP contribution < -0.4 is 14.2 Å². The van der Waals surface area contributed by atoms with Crippen LogP contribution in [0.5, 0.6) is 17.2 Å². The van der Waals surface area contributed by atoms with Crippen molar-refractivity contribution < 1.29 is 23.7 Å². The van der Waals surface area contributed by atoms with Gasteiger partial charge in [-0.2, -0.15) is 5.26 Å². The molecule has 6 nitrogen and oxygen atoms in total. The Hall–Kier alpha value is -3.46. The predicted molar refractivity (Wildman–Crippen MR) is 94.6 cm³/mol. The summed E-state index contributed by atoms with van der Waals surface area (Å²) in [6, 6.07) is 14.7. The fraction of sp³-hybridized carbons (Fsp3) is 0.200. The summed E-state index contributed by atoms with van der Waals surface area (Å²) < 4.78 is 20.8. The third-order valence-electron chi connectivity index (χ3n) is 3.66. The topological polar surface area (TPSA) is 77.8 Å². The van der Waals surface area contributed by atoms with Crippen LogP contribution in [-0.4, -0.2) is 26.0 Å². The number of benzene rings is 2. The van der Waals surface area contributed by atoms with E-state index in [0.717, 1.165) is 11.1 Å². The van der Waals surface area contributed by atoms with Crippen LogP contribution >= 0.6 is 0 Å². The zero-order valence-corrected chi connectivity index (χ0v) is 14.2. The summed E-state index contributed by atoms with van der Waals surface area (Å²) in [6.07, 6.45) is 1.77. The van der Waals surface area contributed by atoms with Crippen LogP contribution in [0.25, 0.3) is 11.6 Å². The van der Waals surface area contributed by atoms with E-state index < -0.39 is 5.97 Å². The molecule has 1 aliphatic heterocycles. The molecule has 1 heterocycles. The molecule has 1 aliphatic rings. The molecule has 0 aliphatic carbocycles. The van der Waals surface area contributed by atoms with Crippen molar-refractivity contribution >= 4 is 17.6 Å². The number of nitrogens with zero attached hydrogens (tertiary/aromatic N) is 1. The molecule has 0 bridgehead atoms. The van der Waals surface area contributed by atoms with Crippen molar-refractivity contribution in [3.8, 4) is 23.3 Å². The lowest BCUT2D eigenvalue weighted by atomic mass is 10.0. The van der Waals surface area contributed by atoms with Crippen LogP contribution in [0.4, 0.5) is 0 Å². The summed E-state index contributed by atoms with van der Waals surface area (Å²) in [5.41, 5.74) is 2.09. The van der Waals surface area contributed by atoms with Crippen molar-refractivity contribution in [1.29, 1.82) is 5.26 Å². The Kier molecular flexibility index (Phi) is 5.40. The number of fused-ring (bicyclic) bond motifs is 1. The highest BCUT2D eigenvalue weighted by atomic mass is 16.7. The first-order valence-electron chi connectivity index (χ1n) is 8.10. The van der Waals surface area contributed by atoms with Gasteiger partial charge in [-0.1, -0.05) is 12.1 Å². The highest BCUT2D eigenvalue weighted by Gasteiger charge is 2.14. The molecule has 6 heteroatoms. The van der Waals surface area contributed by atoms with Crippen LogP contribution in [0.2, 0.25) is 0 Å². The Morgan fingerprint density at radius 3 is 2.69 bits per heavy atom. The lowest BCUT2D eigenvalue weighted by Crippen LogP contribution is -2.14. The highest BCUT2D eigenvalue weighted by molar-refractivity contribution is 5.90. The molecular weight excluding hydrogens is 334 g/mol. The van der Waals surface area contributed by atoms with Crippen LogP contribution in [0.15, 0.2) is 42.5 Å². The summed E-state index contributed by atoms with van der Waals surface area (Å²) >= 11 is 0. The van der Waals surface area contributed by atoms with Gasteiger partial charge in [-0.25, -0.2) is 4.79 Å². The Labute approximate surface area is 151 Å². The van der Waals surface area contributed by atoms with Gasteiger partial charge >= 0.3 is 5.97 Å². The highest BCUT2D eigenvalue weighted by Crippen LogP contribution is 2.34. The predicted octanol–water partition coefficient (Wildman–Crippen LogP) is 3.42. The molecule has 0 atom stereocenters. The van der Waals surface area contributed by atoms with E-state index in [0.29, 0.717) is 29.4 Å². The number of hydrogen-bond acceptors (Lipinski definition) is 6. The van der Waals surface area contributed by atoms with Gasteiger partial charge in [-0.3, -0.25) is 0 Å². The van der Waals surface area contributed by atoms with E-state index >= 15 is 0 Å². The minimum atomic E-state index is -0.411. The summed E-state index contributed by atoms with van der Waals surface area (Å²) in [5, 5.41) is 9.47. The van der Waals surface area contributed by atoms with Crippen molar-refractivity contribution in [3.05, 3.63) is 53.6 Å². The molecule has 0 unspecified atom stereocenters. The third-order valence-corrected chi connectivity index (χ3v) is 3.66. The summed E-state index contributed by atoms with van der Waals surface area (Å²) in [4.78, 5) is 11.3. The number of hydrogen-bond donors (Lipinski definition) is 0. The third kappa shape index (κ3) is 4.14. The van der Waals surface area contributed by atoms with E-state index in [9.17, 15) is 10.1 Å². The first-order valence-corrected chi connectivity index (χ1v) is 8.10. The van der Waals surface area contributed by atoms with E-state index in [-0.39, 0.29) is 13.4 Å². The van der Waals surface area contributed by atoms with Crippen LogP contribution in [0.1, 0.15) is 18.1 Å². The van der Waals surface area contributed by atoms with Crippen LogP contribution in [-0.2, 0) is 9.53 Å². The smallest absolute Gasteiger partial charge is 0.344 e. The molecule has 2 aromatic carbocycles. The van der Waals surface area contributed by atoms with Gasteiger partial charge in [0.05, 0.1) is 18.2 Å². The SMILES string of the molecule is CCOC(=O)COc1ccc(/C=C(/C#N)c2ccc3c(c2)OCO3)cc1. The van der Waals surface area contributed by atoms with Gasteiger partial charge in [0.15, 0.2) is 18.1 Å². The fourth-order valence-corrected chi connectivity index (χ4v) is 2.42. The normalized spacial score (nSPS) is 12.4. The molecule has 0 N–H and O–H groups in total. The van der Waals surface area contributed by atoms with Gasteiger partial charge < -0.3 is 18.9 Å². The zero-order chi connectivity index (χ0) is 18.4. The van der Waals surface area contributed by atoms with E-state index in [1.54, 1.807) is 37.3 Å². The van der Waals surface area contributed by atoms with E-state index in [2.05, 4.69) is 6.07 Å². The minimum absolute atomic E-state index is 0.135. The van der Waals surface area contributed by atoms with E-state index in [1.807, 2.05) is 18.2 Å². The number of allylic oxidation sites excluding steroid dienone is 1. The molecule has 0 saturated heterocycles. The minimum Gasteiger partial charge on any atom is -0.482 e. The van der Waals surface area contributed by atoms with Gasteiger partial charge in [0, 0.05) is 0 Å². The largest absolute Gasteiger partial charge is 0.482 e. The molecule has 2 aromatic rings. The summed E-state index contributed by atoms with van der Waals surface area (Å²) in [5.74, 6) is 1.45. The second kappa shape index (κ2) is 8.08. The number of rotatable bonds is 6. The lowest BCUT2D eigenvalue weighted by molar-refractivity contribution is -0.145. The number of esters is 1. The molecular formula is C20H17NO5. The van der Waals surface area contributed by atoms with Crippen LogP contribution in [0.3, 0.4) is 0 Å². The molecule has 0 fully saturated rings. The van der Waals surface area contributed by atoms with Crippen molar-refractivity contribution in [2.24, 2.45) is 0 Å². The fourth-order valence-electron chi connectivity index (χ4n) is 2.42. The number of carbonyl (C=O) groups excluding carboxylic acids is 1. The summed E-state index contributed by atoms with van der Waals surface area (Å²) in [6.45, 7) is 2.12. The molecule has 26 heavy (non-hydrogen) atoms. The number of carbonyl (C=O) groups is 1. The molecule has 0 aromatic heterocycles. The molecule has 0 amide bonds. The maximum absolute atomic E-state index is 11.3. The monoisotopic (exact) mass is 351 g/mol. The maximum Gasteiger partial charge on any atom is 0.344 e. The van der Waals surface area contributed by atoms with E-state index in [4.69, 9.17) is 18.9 Å². The first kappa shape index (κ1) is 17.4. The Morgan fingerprint density at radius 1 is 1.19 bits per heavy atom. The zero-order valence-electron chi connectivity index (χ0n) is 14.2. The average Bonchev–Trinajstić information content (AvgIpc) is 3.13. The Balaban J connectivity index is 1.71. The van der Waals surface area contributed by atoms with Gasteiger partial charge in [-0.05, 0) is 54.5 Å². The average molecular weight is 351 g/mol. The first-order chi connectivity index (χ1) is 12.7. The number of ether oxygens (including phenoxy) is 4. The van der Waals surface area contributed by atoms with Gasteiger partial charge in [0.1, 0.15) is 5.75 Å². The number of nitriles is 1. The molecule has 132 valence electrons. The van der Waals surface area contributed by atoms with Crippen molar-refractivity contribution in [3.63, 3.8) is 0 Å². The second-order valence-electron chi connectivity index (χ2n) is 5.40. The quantitative estimate of drug-likeness (QED) is 0.451. The second-order valence-corrected chi connectivity index (χ2v) is 5.40. The molecule has 3 rings (SSSR count). The maximum atomic E-state index is 11.3. The van der Waals surface area contributed by atoms with Gasteiger partial charge in [0.25, 0.3) is 0 Å². The molecule has 0 saturated carbocycles. The Morgan fingerprint density at radius 2 is 1.96 bits per heavy atom. The molecule has 0 radical (unpaired) electrons. The molecule has 0 spiro atoms. The van der Waals surface area contributed by atoms with Crippen LogP contribution in [0, 0.1) is 11.3 Å². The van der Waals surface area contributed by atoms with E-state index in [1.165, 1.54) is 0 Å². The lowest BCUT2D eigenvalue weighted by Gasteiger charge is -2.06.